The number of oxazole rings is 1. The highest BCUT2D eigenvalue weighted by molar-refractivity contribution is 6.34. The van der Waals surface area contributed by atoms with E-state index in [1.165, 1.54) is 25.7 Å². The number of aromatic nitrogens is 2. The van der Waals surface area contributed by atoms with E-state index in [1.54, 1.807) is 42.9 Å². The fraction of sp³-hybridized carbons (Fsp3) is 0.360. The van der Waals surface area contributed by atoms with Crippen LogP contribution in [-0.2, 0) is 4.79 Å². The zero-order valence-corrected chi connectivity index (χ0v) is 20.0. The minimum atomic E-state index is -0.354. The third-order valence-corrected chi connectivity index (χ3v) is 5.50. The molecule has 0 saturated heterocycles. The standard InChI is InChI=1S/C25H30ClN5O3/c1-2-3-4-5-6-7-13-28-24(33)18-10-11-20(26)21(14-18)31-23(32)17-30-25-29-16-22(34-25)19-9-8-12-27-15-19/h8-12,14-16H,2-7,13,17H2,1H3,(H,28,33)(H,29,30)(H,31,32). The third kappa shape index (κ3) is 7.88. The number of amides is 2. The molecule has 34 heavy (non-hydrogen) atoms. The van der Waals surface area contributed by atoms with Gasteiger partial charge in [-0.25, -0.2) is 4.98 Å². The van der Waals surface area contributed by atoms with E-state index in [2.05, 4.69) is 32.8 Å². The molecule has 180 valence electrons. The van der Waals surface area contributed by atoms with E-state index in [-0.39, 0.29) is 24.4 Å². The molecule has 3 N–H and O–H groups in total. The molecule has 2 heterocycles. The van der Waals surface area contributed by atoms with Crippen LogP contribution in [0.25, 0.3) is 11.3 Å². The van der Waals surface area contributed by atoms with Crippen molar-refractivity contribution in [3.63, 3.8) is 0 Å². The first-order valence-corrected chi connectivity index (χ1v) is 11.9. The molecular formula is C25H30ClN5O3. The smallest absolute Gasteiger partial charge is 0.295 e. The van der Waals surface area contributed by atoms with Crippen LogP contribution in [0.2, 0.25) is 5.02 Å². The number of halogens is 1. The van der Waals surface area contributed by atoms with Gasteiger partial charge in [0, 0.05) is 30.1 Å². The summed E-state index contributed by atoms with van der Waals surface area (Å²) in [5, 5.41) is 8.81. The lowest BCUT2D eigenvalue weighted by atomic mass is 10.1. The summed E-state index contributed by atoms with van der Waals surface area (Å²) in [6, 6.07) is 8.66. The van der Waals surface area contributed by atoms with Gasteiger partial charge in [-0.15, -0.1) is 0 Å². The van der Waals surface area contributed by atoms with Crippen LogP contribution in [0, 0.1) is 0 Å². The zero-order chi connectivity index (χ0) is 24.2. The normalized spacial score (nSPS) is 10.6. The molecule has 0 bridgehead atoms. The first kappa shape index (κ1) is 25.2. The quantitative estimate of drug-likeness (QED) is 0.276. The van der Waals surface area contributed by atoms with Crippen LogP contribution >= 0.6 is 11.6 Å². The number of hydrogen-bond donors (Lipinski definition) is 3. The Hall–Kier alpha value is -3.39. The van der Waals surface area contributed by atoms with Gasteiger partial charge in [-0.2, -0.15) is 0 Å². The Kier molecular flexibility index (Phi) is 9.91. The Bertz CT molecular complexity index is 1070. The number of unbranched alkanes of at least 4 members (excludes halogenated alkanes) is 5. The molecule has 0 fully saturated rings. The number of hydrogen-bond acceptors (Lipinski definition) is 6. The van der Waals surface area contributed by atoms with Crippen LogP contribution in [0.1, 0.15) is 55.8 Å². The molecule has 0 spiro atoms. The fourth-order valence-electron chi connectivity index (χ4n) is 3.32. The number of carbonyl (C=O) groups excluding carboxylic acids is 2. The maximum atomic E-state index is 12.5. The van der Waals surface area contributed by atoms with Crippen LogP contribution in [0.3, 0.4) is 0 Å². The van der Waals surface area contributed by atoms with Crippen LogP contribution in [0.15, 0.2) is 53.3 Å². The maximum absolute atomic E-state index is 12.5. The molecule has 0 saturated carbocycles. The highest BCUT2D eigenvalue weighted by Gasteiger charge is 2.12. The molecule has 9 heteroatoms. The first-order valence-electron chi connectivity index (χ1n) is 11.5. The van der Waals surface area contributed by atoms with Gasteiger partial charge < -0.3 is 20.4 Å². The van der Waals surface area contributed by atoms with Crippen molar-refractivity contribution in [2.24, 2.45) is 0 Å². The average Bonchev–Trinajstić information content (AvgIpc) is 3.33. The first-order chi connectivity index (χ1) is 16.6. The predicted molar refractivity (Wildman–Crippen MR) is 134 cm³/mol. The van der Waals surface area contributed by atoms with Gasteiger partial charge in [0.05, 0.1) is 23.5 Å². The summed E-state index contributed by atoms with van der Waals surface area (Å²) >= 11 is 6.22. The SMILES string of the molecule is CCCCCCCCNC(=O)c1ccc(Cl)c(NC(=O)CNc2ncc(-c3cccnc3)o2)c1. The Morgan fingerprint density at radius 3 is 2.68 bits per heavy atom. The Morgan fingerprint density at radius 2 is 1.88 bits per heavy atom. The molecular weight excluding hydrogens is 454 g/mol. The zero-order valence-electron chi connectivity index (χ0n) is 19.3. The van der Waals surface area contributed by atoms with Gasteiger partial charge in [0.2, 0.25) is 5.91 Å². The second-order valence-electron chi connectivity index (χ2n) is 7.89. The summed E-state index contributed by atoms with van der Waals surface area (Å²) in [5.41, 5.74) is 1.59. The molecule has 0 aliphatic heterocycles. The largest absolute Gasteiger partial charge is 0.424 e. The number of rotatable bonds is 13. The monoisotopic (exact) mass is 483 g/mol. The summed E-state index contributed by atoms with van der Waals surface area (Å²) in [4.78, 5) is 33.0. The molecule has 0 aliphatic carbocycles. The highest BCUT2D eigenvalue weighted by Crippen LogP contribution is 2.24. The van der Waals surface area contributed by atoms with Gasteiger partial charge in [-0.1, -0.05) is 50.6 Å². The van der Waals surface area contributed by atoms with Gasteiger partial charge in [-0.3, -0.25) is 14.6 Å². The summed E-state index contributed by atoms with van der Waals surface area (Å²) < 4.78 is 5.60. The van der Waals surface area contributed by atoms with E-state index in [1.807, 2.05) is 6.07 Å². The summed E-state index contributed by atoms with van der Waals surface area (Å²) in [6.07, 6.45) is 11.8. The molecule has 3 rings (SSSR count). The number of nitrogens with one attached hydrogen (secondary N) is 3. The van der Waals surface area contributed by atoms with Crippen molar-refractivity contribution in [3.8, 4) is 11.3 Å². The lowest BCUT2D eigenvalue weighted by molar-refractivity contribution is -0.114. The van der Waals surface area contributed by atoms with E-state index in [9.17, 15) is 9.59 Å². The molecule has 0 unspecified atom stereocenters. The summed E-state index contributed by atoms with van der Waals surface area (Å²) in [7, 11) is 0. The number of carbonyl (C=O) groups is 2. The molecule has 0 atom stereocenters. The molecule has 0 aliphatic rings. The van der Waals surface area contributed by atoms with Gasteiger partial charge >= 0.3 is 0 Å². The van der Waals surface area contributed by atoms with Crippen LogP contribution in [0.4, 0.5) is 11.7 Å². The van der Waals surface area contributed by atoms with E-state index >= 15 is 0 Å². The lowest BCUT2D eigenvalue weighted by Gasteiger charge is -2.10. The molecule has 3 aromatic rings. The van der Waals surface area contributed by atoms with E-state index in [0.717, 1.165) is 18.4 Å². The molecule has 2 aromatic heterocycles. The minimum absolute atomic E-state index is 0.0855. The van der Waals surface area contributed by atoms with Gasteiger partial charge in [0.15, 0.2) is 5.76 Å². The van der Waals surface area contributed by atoms with Gasteiger partial charge in [0.25, 0.3) is 11.9 Å². The number of anilines is 2. The highest BCUT2D eigenvalue weighted by atomic mass is 35.5. The summed E-state index contributed by atoms with van der Waals surface area (Å²) in [5.74, 6) is -0.00652. The van der Waals surface area contributed by atoms with Crippen LogP contribution < -0.4 is 16.0 Å². The number of nitrogens with zero attached hydrogens (tertiary/aromatic N) is 2. The van der Waals surface area contributed by atoms with Crippen molar-refractivity contribution in [1.82, 2.24) is 15.3 Å². The lowest BCUT2D eigenvalue weighted by Crippen LogP contribution is -2.25. The third-order valence-electron chi connectivity index (χ3n) is 5.17. The van der Waals surface area contributed by atoms with Crippen molar-refractivity contribution in [1.29, 1.82) is 0 Å². The van der Waals surface area contributed by atoms with Gasteiger partial charge in [-0.05, 0) is 36.8 Å². The Morgan fingerprint density at radius 1 is 1.06 bits per heavy atom. The number of benzene rings is 1. The van der Waals surface area contributed by atoms with E-state index in [4.69, 9.17) is 16.0 Å². The maximum Gasteiger partial charge on any atom is 0.295 e. The fourth-order valence-corrected chi connectivity index (χ4v) is 3.48. The van der Waals surface area contributed by atoms with E-state index in [0.29, 0.717) is 28.6 Å². The van der Waals surface area contributed by atoms with Crippen molar-refractivity contribution < 1.29 is 14.0 Å². The number of pyridine rings is 1. The van der Waals surface area contributed by atoms with E-state index < -0.39 is 0 Å². The van der Waals surface area contributed by atoms with Crippen molar-refractivity contribution in [3.05, 3.63) is 59.5 Å². The van der Waals surface area contributed by atoms with Crippen molar-refractivity contribution in [2.45, 2.75) is 45.4 Å². The Labute approximate surface area is 204 Å². The molecule has 2 amide bonds. The van der Waals surface area contributed by atoms with Crippen LogP contribution in [-0.4, -0.2) is 34.9 Å². The predicted octanol–water partition coefficient (Wildman–Crippen LogP) is 5.53. The molecule has 8 nitrogen and oxygen atoms in total. The van der Waals surface area contributed by atoms with Crippen LogP contribution in [0.5, 0.6) is 0 Å². The van der Waals surface area contributed by atoms with Crippen molar-refractivity contribution in [2.75, 3.05) is 23.7 Å². The second kappa shape index (κ2) is 13.3. The second-order valence-corrected chi connectivity index (χ2v) is 8.30. The molecule has 1 aromatic carbocycles. The van der Waals surface area contributed by atoms with Gasteiger partial charge in [0.1, 0.15) is 0 Å². The average molecular weight is 484 g/mol. The van der Waals surface area contributed by atoms with Crippen molar-refractivity contribution >= 4 is 35.1 Å². The summed E-state index contributed by atoms with van der Waals surface area (Å²) in [6.45, 7) is 2.73. The molecule has 0 radical (unpaired) electrons. The Balaban J connectivity index is 1.46. The minimum Gasteiger partial charge on any atom is -0.424 e. The topological polar surface area (TPSA) is 109 Å².